The van der Waals surface area contributed by atoms with E-state index in [1.54, 1.807) is 19.1 Å². The molecular weight excluding hydrogens is 520 g/mol. The zero-order chi connectivity index (χ0) is 28.8. The van der Waals surface area contributed by atoms with Crippen LogP contribution in [0.3, 0.4) is 0 Å². The molecule has 0 bridgehead atoms. The molecule has 3 aliphatic rings. The number of amides is 3. The molecule has 1 atom stereocenters. The molecule has 9 nitrogen and oxygen atoms in total. The first kappa shape index (κ1) is 29.0. The number of anilines is 1. The Bertz CT molecular complexity index is 1220. The molecule has 2 aromatic carbocycles. The third-order valence-electron chi connectivity index (χ3n) is 8.43. The predicted molar refractivity (Wildman–Crippen MR) is 159 cm³/mol. The van der Waals surface area contributed by atoms with E-state index in [1.807, 2.05) is 41.1 Å². The Morgan fingerprint density at radius 3 is 2.49 bits per heavy atom. The Kier molecular flexibility index (Phi) is 9.54. The van der Waals surface area contributed by atoms with E-state index >= 15 is 0 Å². The molecule has 0 radical (unpaired) electrons. The summed E-state index contributed by atoms with van der Waals surface area (Å²) in [6.07, 6.45) is 7.46. The van der Waals surface area contributed by atoms with Gasteiger partial charge in [0.1, 0.15) is 5.75 Å². The van der Waals surface area contributed by atoms with Crippen LogP contribution in [0, 0.1) is 5.92 Å². The first-order valence-electron chi connectivity index (χ1n) is 15.0. The van der Waals surface area contributed by atoms with Crippen molar-refractivity contribution < 1.29 is 23.8 Å². The van der Waals surface area contributed by atoms with E-state index in [1.165, 1.54) is 19.3 Å². The fourth-order valence-electron chi connectivity index (χ4n) is 5.76. The van der Waals surface area contributed by atoms with Crippen molar-refractivity contribution in [1.82, 2.24) is 15.1 Å². The van der Waals surface area contributed by atoms with Gasteiger partial charge in [0.2, 0.25) is 5.91 Å². The van der Waals surface area contributed by atoms with E-state index in [9.17, 15) is 9.59 Å². The minimum atomic E-state index is -0.0881. The Morgan fingerprint density at radius 1 is 0.927 bits per heavy atom. The van der Waals surface area contributed by atoms with Crippen molar-refractivity contribution in [3.8, 4) is 17.2 Å². The average molecular weight is 565 g/mol. The van der Waals surface area contributed by atoms with Crippen LogP contribution in [0.2, 0.25) is 0 Å². The quantitative estimate of drug-likeness (QED) is 0.341. The zero-order valence-corrected chi connectivity index (χ0v) is 24.7. The number of hydrogen-bond donors (Lipinski definition) is 1. The molecule has 9 heteroatoms. The minimum Gasteiger partial charge on any atom is -0.496 e. The summed E-state index contributed by atoms with van der Waals surface area (Å²) >= 11 is 0. The monoisotopic (exact) mass is 564 g/mol. The highest BCUT2D eigenvalue weighted by Gasteiger charge is 2.29. The maximum absolute atomic E-state index is 13.6. The van der Waals surface area contributed by atoms with Crippen molar-refractivity contribution in [3.63, 3.8) is 0 Å². The van der Waals surface area contributed by atoms with Crippen molar-refractivity contribution in [1.29, 1.82) is 0 Å². The number of benzene rings is 2. The van der Waals surface area contributed by atoms with E-state index in [2.05, 4.69) is 17.4 Å². The molecule has 1 aliphatic carbocycles. The number of likely N-dealkylation sites (tertiary alicyclic amines) is 1. The van der Waals surface area contributed by atoms with E-state index in [-0.39, 0.29) is 18.0 Å². The number of hydrogen-bond acceptors (Lipinski definition) is 6. The first-order valence-corrected chi connectivity index (χ1v) is 15.0. The lowest BCUT2D eigenvalue weighted by Crippen LogP contribution is -2.49. The second kappa shape index (κ2) is 13.5. The SMILES string of the molecule is COc1cc(CCNC2CCN(C)C2=O)ccc1CN1CCCN(c2ccc(OC)c(OCCCC3CC3)c2)C1=O. The number of nitrogens with one attached hydrogen (secondary N) is 1. The number of rotatable bonds is 14. The fourth-order valence-corrected chi connectivity index (χ4v) is 5.76. The molecule has 0 spiro atoms. The molecule has 3 fully saturated rings. The van der Waals surface area contributed by atoms with E-state index < -0.39 is 0 Å². The van der Waals surface area contributed by atoms with Crippen molar-refractivity contribution in [2.45, 2.75) is 57.5 Å². The van der Waals surface area contributed by atoms with Gasteiger partial charge in [-0.25, -0.2) is 4.79 Å². The Labute approximate surface area is 243 Å². The lowest BCUT2D eigenvalue weighted by molar-refractivity contribution is -0.128. The third-order valence-corrected chi connectivity index (χ3v) is 8.43. The summed E-state index contributed by atoms with van der Waals surface area (Å²) in [5.74, 6) is 3.19. The van der Waals surface area contributed by atoms with E-state index in [4.69, 9.17) is 14.2 Å². The van der Waals surface area contributed by atoms with Crippen LogP contribution < -0.4 is 24.4 Å². The van der Waals surface area contributed by atoms with Crippen LogP contribution in [0.25, 0.3) is 0 Å². The molecule has 2 heterocycles. The van der Waals surface area contributed by atoms with Gasteiger partial charge in [-0.05, 0) is 68.3 Å². The number of methoxy groups -OCH3 is 2. The summed E-state index contributed by atoms with van der Waals surface area (Å²) in [5, 5.41) is 3.38. The zero-order valence-electron chi connectivity index (χ0n) is 24.7. The summed E-state index contributed by atoms with van der Waals surface area (Å²) < 4.78 is 17.3. The van der Waals surface area contributed by atoms with Gasteiger partial charge >= 0.3 is 6.03 Å². The van der Waals surface area contributed by atoms with Gasteiger partial charge in [-0.2, -0.15) is 0 Å². The summed E-state index contributed by atoms with van der Waals surface area (Å²) in [6, 6.07) is 11.8. The highest BCUT2D eigenvalue weighted by atomic mass is 16.5. The number of ether oxygens (including phenoxy) is 3. The molecule has 1 unspecified atom stereocenters. The summed E-state index contributed by atoms with van der Waals surface area (Å²) in [5.41, 5.74) is 2.92. The number of likely N-dealkylation sites (N-methyl/N-ethyl adjacent to an activating group) is 1. The molecule has 1 saturated carbocycles. The molecule has 1 N–H and O–H groups in total. The second-order valence-electron chi connectivity index (χ2n) is 11.4. The van der Waals surface area contributed by atoms with Gasteiger partial charge in [0.05, 0.1) is 33.4 Å². The normalized spacial score (nSPS) is 19.2. The smallest absolute Gasteiger partial charge is 0.324 e. The molecule has 41 heavy (non-hydrogen) atoms. The van der Waals surface area contributed by atoms with Crippen LogP contribution in [0.1, 0.15) is 49.7 Å². The van der Waals surface area contributed by atoms with Crippen LogP contribution in [-0.2, 0) is 17.8 Å². The Morgan fingerprint density at radius 2 is 1.76 bits per heavy atom. The van der Waals surface area contributed by atoms with Gasteiger partial charge in [0, 0.05) is 44.0 Å². The van der Waals surface area contributed by atoms with Crippen LogP contribution >= 0.6 is 0 Å². The van der Waals surface area contributed by atoms with Gasteiger partial charge in [0.15, 0.2) is 11.5 Å². The van der Waals surface area contributed by atoms with Crippen LogP contribution in [-0.4, -0.2) is 81.8 Å². The highest BCUT2D eigenvalue weighted by Crippen LogP contribution is 2.36. The number of urea groups is 1. The topological polar surface area (TPSA) is 83.6 Å². The van der Waals surface area contributed by atoms with Crippen molar-refractivity contribution >= 4 is 17.6 Å². The summed E-state index contributed by atoms with van der Waals surface area (Å²) in [4.78, 5) is 31.2. The van der Waals surface area contributed by atoms with Gasteiger partial charge in [-0.1, -0.05) is 25.0 Å². The van der Waals surface area contributed by atoms with Crippen molar-refractivity contribution in [2.75, 3.05) is 59.0 Å². The van der Waals surface area contributed by atoms with Crippen LogP contribution in [0.4, 0.5) is 10.5 Å². The molecule has 0 aromatic heterocycles. The Hall–Kier alpha value is -3.46. The molecule has 2 aromatic rings. The summed E-state index contributed by atoms with van der Waals surface area (Å²) in [7, 11) is 5.16. The van der Waals surface area contributed by atoms with Crippen LogP contribution in [0.5, 0.6) is 17.2 Å². The maximum atomic E-state index is 13.6. The van der Waals surface area contributed by atoms with Gasteiger partial charge in [-0.15, -0.1) is 0 Å². The van der Waals surface area contributed by atoms with Gasteiger partial charge in [0.25, 0.3) is 0 Å². The average Bonchev–Trinajstić information content (AvgIpc) is 3.77. The largest absolute Gasteiger partial charge is 0.496 e. The molecular formula is C32H44N4O5. The lowest BCUT2D eigenvalue weighted by Gasteiger charge is -2.36. The standard InChI is InChI=1S/C32H44N4O5/c1-34-18-14-27(31(34)37)33-15-13-24-9-10-25(29(20-24)40-3)22-35-16-5-17-36(32(35)38)26-11-12-28(39-2)30(21-26)41-19-4-6-23-7-8-23/h9-12,20-21,23,27,33H,4-8,13-19,22H2,1-3H3. The molecule has 5 rings (SSSR count). The second-order valence-corrected chi connectivity index (χ2v) is 11.4. The van der Waals surface area contributed by atoms with Gasteiger partial charge < -0.3 is 29.3 Å². The molecule has 222 valence electrons. The minimum absolute atomic E-state index is 0.0253. The first-order chi connectivity index (χ1) is 20.0. The predicted octanol–water partition coefficient (Wildman–Crippen LogP) is 4.47. The summed E-state index contributed by atoms with van der Waals surface area (Å²) in [6.45, 7) is 4.00. The third kappa shape index (κ3) is 7.25. The number of carbonyl (C=O) groups is 2. The fraction of sp³-hybridized carbons (Fsp3) is 0.562. The number of nitrogens with zero attached hydrogens (tertiary/aromatic N) is 3. The van der Waals surface area contributed by atoms with Crippen LogP contribution in [0.15, 0.2) is 36.4 Å². The van der Waals surface area contributed by atoms with Gasteiger partial charge in [-0.3, -0.25) is 9.69 Å². The van der Waals surface area contributed by atoms with Crippen molar-refractivity contribution in [3.05, 3.63) is 47.5 Å². The van der Waals surface area contributed by atoms with Crippen molar-refractivity contribution in [2.24, 2.45) is 5.92 Å². The molecule has 3 amide bonds. The molecule has 2 saturated heterocycles. The van der Waals surface area contributed by atoms with E-state index in [0.29, 0.717) is 37.7 Å². The Balaban J connectivity index is 1.19. The lowest BCUT2D eigenvalue weighted by atomic mass is 10.1. The highest BCUT2D eigenvalue weighted by molar-refractivity contribution is 5.93. The maximum Gasteiger partial charge on any atom is 0.324 e. The van der Waals surface area contributed by atoms with E-state index in [0.717, 1.165) is 67.3 Å². The number of carbonyl (C=O) groups excluding carboxylic acids is 2. The molecule has 2 aliphatic heterocycles.